The van der Waals surface area contributed by atoms with E-state index in [1.54, 1.807) is 26.0 Å². The van der Waals surface area contributed by atoms with Gasteiger partial charge in [-0.1, -0.05) is 26.0 Å². The van der Waals surface area contributed by atoms with Crippen LogP contribution in [0.4, 0.5) is 5.69 Å². The molecule has 0 spiro atoms. The summed E-state index contributed by atoms with van der Waals surface area (Å²) in [6.45, 7) is 8.64. The van der Waals surface area contributed by atoms with Gasteiger partial charge in [-0.15, -0.1) is 0 Å². The Balaban J connectivity index is 2.58. The molecule has 20 heavy (non-hydrogen) atoms. The van der Waals surface area contributed by atoms with Gasteiger partial charge in [0.05, 0.1) is 10.5 Å². The molecule has 1 aromatic rings. The van der Waals surface area contributed by atoms with Crippen molar-refractivity contribution in [3.8, 4) is 0 Å². The minimum atomic E-state index is -0.759. The Bertz CT molecular complexity index is 470. The average molecular weight is 280 g/mol. The third kappa shape index (κ3) is 5.27. The summed E-state index contributed by atoms with van der Waals surface area (Å²) >= 11 is 0. The van der Waals surface area contributed by atoms with Crippen LogP contribution in [-0.4, -0.2) is 22.2 Å². The Morgan fingerprint density at radius 3 is 2.65 bits per heavy atom. The lowest BCUT2D eigenvalue weighted by atomic mass is 9.94. The fourth-order valence-corrected chi connectivity index (χ4v) is 2.39. The summed E-state index contributed by atoms with van der Waals surface area (Å²) in [6.07, 6.45) is 0.716. The lowest BCUT2D eigenvalue weighted by molar-refractivity contribution is -0.385. The number of nitrogens with one attached hydrogen (secondary N) is 1. The Hall–Kier alpha value is -1.46. The molecule has 0 aromatic heterocycles. The molecule has 0 saturated heterocycles. The van der Waals surface area contributed by atoms with E-state index in [1.807, 2.05) is 6.07 Å². The lowest BCUT2D eigenvalue weighted by Gasteiger charge is -2.25. The van der Waals surface area contributed by atoms with Crippen molar-refractivity contribution in [3.63, 3.8) is 0 Å². The normalized spacial score (nSPS) is 14.3. The Kier molecular flexibility index (Phi) is 5.65. The third-order valence-electron chi connectivity index (χ3n) is 3.15. The van der Waals surface area contributed by atoms with Gasteiger partial charge in [0, 0.05) is 24.7 Å². The first-order chi connectivity index (χ1) is 9.21. The molecule has 2 N–H and O–H groups in total. The van der Waals surface area contributed by atoms with E-state index in [-0.39, 0.29) is 10.6 Å². The largest absolute Gasteiger partial charge is 0.389 e. The summed E-state index contributed by atoms with van der Waals surface area (Å²) in [5.41, 5.74) is 0.886. The zero-order valence-corrected chi connectivity index (χ0v) is 12.6. The van der Waals surface area contributed by atoms with Crippen molar-refractivity contribution in [1.29, 1.82) is 0 Å². The molecule has 0 aliphatic carbocycles. The van der Waals surface area contributed by atoms with Crippen molar-refractivity contribution in [2.24, 2.45) is 5.92 Å². The third-order valence-corrected chi connectivity index (χ3v) is 3.15. The smallest absolute Gasteiger partial charge is 0.272 e. The van der Waals surface area contributed by atoms with E-state index in [9.17, 15) is 15.2 Å². The Morgan fingerprint density at radius 2 is 2.10 bits per heavy atom. The van der Waals surface area contributed by atoms with E-state index in [4.69, 9.17) is 0 Å². The first-order valence-electron chi connectivity index (χ1n) is 6.88. The highest BCUT2D eigenvalue weighted by Gasteiger charge is 2.21. The van der Waals surface area contributed by atoms with Gasteiger partial charge in [-0.3, -0.25) is 10.1 Å². The number of nitro groups is 1. The zero-order chi connectivity index (χ0) is 15.3. The highest BCUT2D eigenvalue weighted by molar-refractivity contribution is 5.42. The predicted octanol–water partition coefficient (Wildman–Crippen LogP) is 2.79. The van der Waals surface area contributed by atoms with Crippen molar-refractivity contribution in [2.75, 3.05) is 6.54 Å². The van der Waals surface area contributed by atoms with Crippen molar-refractivity contribution in [2.45, 2.75) is 46.3 Å². The van der Waals surface area contributed by atoms with E-state index in [1.165, 1.54) is 0 Å². The van der Waals surface area contributed by atoms with Gasteiger partial charge in [-0.25, -0.2) is 0 Å². The van der Waals surface area contributed by atoms with E-state index < -0.39 is 5.60 Å². The topological polar surface area (TPSA) is 75.4 Å². The number of hydrogen-bond acceptors (Lipinski definition) is 4. The van der Waals surface area contributed by atoms with Gasteiger partial charge in [-0.05, 0) is 31.7 Å². The van der Waals surface area contributed by atoms with Crippen LogP contribution in [0.3, 0.4) is 0 Å². The second kappa shape index (κ2) is 6.81. The monoisotopic (exact) mass is 280 g/mol. The maximum atomic E-state index is 10.9. The molecule has 1 unspecified atom stereocenters. The van der Waals surface area contributed by atoms with E-state index in [0.717, 1.165) is 5.56 Å². The van der Waals surface area contributed by atoms with Crippen LogP contribution in [0.25, 0.3) is 0 Å². The first kappa shape index (κ1) is 16.6. The first-order valence-corrected chi connectivity index (χ1v) is 6.88. The number of rotatable bonds is 7. The molecule has 0 fully saturated rings. The highest BCUT2D eigenvalue weighted by Crippen LogP contribution is 2.19. The molecule has 5 heteroatoms. The number of aryl methyl sites for hydroxylation is 1. The lowest BCUT2D eigenvalue weighted by Crippen LogP contribution is -2.38. The molecule has 112 valence electrons. The fraction of sp³-hybridized carbons (Fsp3) is 0.600. The summed E-state index contributed by atoms with van der Waals surface area (Å²) in [6, 6.07) is 5.20. The molecule has 0 amide bonds. The molecular formula is C15H24N2O3. The van der Waals surface area contributed by atoms with E-state index in [2.05, 4.69) is 19.2 Å². The molecule has 1 aromatic carbocycles. The SMILES string of the molecule is Cc1ccc(CNCC(C)(O)CC(C)C)cc1[N+](=O)[O-]. The average Bonchev–Trinajstić information content (AvgIpc) is 2.28. The van der Waals surface area contributed by atoms with Gasteiger partial charge in [0.1, 0.15) is 0 Å². The molecular weight excluding hydrogens is 256 g/mol. The van der Waals surface area contributed by atoms with E-state index in [0.29, 0.717) is 31.0 Å². The quantitative estimate of drug-likeness (QED) is 0.595. The number of nitro benzene ring substituents is 1. The van der Waals surface area contributed by atoms with Gasteiger partial charge in [-0.2, -0.15) is 0 Å². The number of benzene rings is 1. The molecule has 0 heterocycles. The zero-order valence-electron chi connectivity index (χ0n) is 12.6. The van der Waals surface area contributed by atoms with Crippen LogP contribution >= 0.6 is 0 Å². The number of nitrogens with zero attached hydrogens (tertiary/aromatic N) is 1. The van der Waals surface area contributed by atoms with Crippen molar-refractivity contribution in [3.05, 3.63) is 39.4 Å². The molecule has 0 saturated carbocycles. The fourth-order valence-electron chi connectivity index (χ4n) is 2.39. The minimum Gasteiger partial charge on any atom is -0.389 e. The van der Waals surface area contributed by atoms with E-state index >= 15 is 0 Å². The Labute approximate surface area is 120 Å². The molecule has 0 radical (unpaired) electrons. The summed E-state index contributed by atoms with van der Waals surface area (Å²) in [4.78, 5) is 10.5. The summed E-state index contributed by atoms with van der Waals surface area (Å²) in [7, 11) is 0. The van der Waals surface area contributed by atoms with Crippen molar-refractivity contribution >= 4 is 5.69 Å². The maximum absolute atomic E-state index is 10.9. The number of hydrogen-bond donors (Lipinski definition) is 2. The van der Waals surface area contributed by atoms with Crippen LogP contribution in [0, 0.1) is 23.0 Å². The summed E-state index contributed by atoms with van der Waals surface area (Å²) in [5, 5.41) is 24.2. The van der Waals surface area contributed by atoms with Crippen LogP contribution in [0.1, 0.15) is 38.3 Å². The Morgan fingerprint density at radius 1 is 1.45 bits per heavy atom. The van der Waals surface area contributed by atoms with Gasteiger partial charge >= 0.3 is 0 Å². The second-order valence-electron chi connectivity index (χ2n) is 6.08. The molecule has 5 nitrogen and oxygen atoms in total. The van der Waals surface area contributed by atoms with Crippen LogP contribution < -0.4 is 5.32 Å². The molecule has 1 rings (SSSR count). The van der Waals surface area contributed by atoms with Crippen LogP contribution in [-0.2, 0) is 6.54 Å². The van der Waals surface area contributed by atoms with Gasteiger partial charge in [0.15, 0.2) is 0 Å². The van der Waals surface area contributed by atoms with Gasteiger partial charge in [0.2, 0.25) is 0 Å². The summed E-state index contributed by atoms with van der Waals surface area (Å²) in [5.74, 6) is 0.423. The molecule has 0 bridgehead atoms. The van der Waals surface area contributed by atoms with Crippen molar-refractivity contribution < 1.29 is 10.0 Å². The van der Waals surface area contributed by atoms with Crippen LogP contribution in [0.15, 0.2) is 18.2 Å². The van der Waals surface area contributed by atoms with Gasteiger partial charge in [0.25, 0.3) is 5.69 Å². The van der Waals surface area contributed by atoms with Crippen LogP contribution in [0.5, 0.6) is 0 Å². The molecule has 0 aliphatic rings. The second-order valence-corrected chi connectivity index (χ2v) is 6.08. The van der Waals surface area contributed by atoms with Crippen molar-refractivity contribution in [1.82, 2.24) is 5.32 Å². The highest BCUT2D eigenvalue weighted by atomic mass is 16.6. The molecule has 1 atom stereocenters. The van der Waals surface area contributed by atoms with Gasteiger partial charge < -0.3 is 10.4 Å². The van der Waals surface area contributed by atoms with Crippen LogP contribution in [0.2, 0.25) is 0 Å². The maximum Gasteiger partial charge on any atom is 0.272 e. The number of aliphatic hydroxyl groups is 1. The predicted molar refractivity (Wildman–Crippen MR) is 79.6 cm³/mol. The molecule has 0 aliphatic heterocycles. The standard InChI is InChI=1S/C15H24N2O3/c1-11(2)8-15(4,18)10-16-9-13-6-5-12(3)14(7-13)17(19)20/h5-7,11,16,18H,8-10H2,1-4H3. The summed E-state index contributed by atoms with van der Waals surface area (Å²) < 4.78 is 0. The minimum absolute atomic E-state index is 0.137.